The smallest absolute Gasteiger partial charge is 0.257 e. The van der Waals surface area contributed by atoms with Crippen LogP contribution in [0.5, 0.6) is 0 Å². The van der Waals surface area contributed by atoms with Crippen molar-refractivity contribution in [2.24, 2.45) is 11.6 Å². The first-order valence-corrected chi connectivity index (χ1v) is 4.16. The number of halogens is 2. The van der Waals surface area contributed by atoms with Crippen LogP contribution in [0.15, 0.2) is 18.2 Å². The Morgan fingerprint density at radius 2 is 2.00 bits per heavy atom. The molecule has 0 aliphatic carbocycles. The summed E-state index contributed by atoms with van der Waals surface area (Å²) in [7, 11) is 1.32. The number of hydrazine groups is 1. The van der Waals surface area contributed by atoms with Gasteiger partial charge in [-0.05, 0) is 17.7 Å². The Bertz CT molecular complexity index is 382. The van der Waals surface area contributed by atoms with E-state index in [4.69, 9.17) is 11.6 Å². The normalized spacial score (nSPS) is 12.3. The van der Waals surface area contributed by atoms with E-state index < -0.39 is 23.6 Å². The molecule has 0 fully saturated rings. The molecule has 0 spiro atoms. The molecule has 15 heavy (non-hydrogen) atoms. The van der Waals surface area contributed by atoms with Crippen LogP contribution >= 0.6 is 0 Å². The van der Waals surface area contributed by atoms with Gasteiger partial charge in [-0.3, -0.25) is 9.80 Å². The molecule has 1 aromatic carbocycles. The first-order valence-electron chi connectivity index (χ1n) is 4.16. The Morgan fingerprint density at radius 1 is 1.40 bits per heavy atom. The fourth-order valence-electron chi connectivity index (χ4n) is 1.07. The molecule has 0 aromatic heterocycles. The molecule has 82 valence electrons. The first kappa shape index (κ1) is 11.5. The average molecular weight is 215 g/mol. The van der Waals surface area contributed by atoms with E-state index in [2.05, 4.69) is 0 Å². The summed E-state index contributed by atoms with van der Waals surface area (Å²) in [6, 6.07) is 1.94. The number of rotatable bonds is 2. The van der Waals surface area contributed by atoms with Gasteiger partial charge in [0.2, 0.25) is 0 Å². The number of likely N-dealkylation sites (N-methyl/N-ethyl adjacent to an activating group) is 1. The van der Waals surface area contributed by atoms with E-state index in [0.29, 0.717) is 0 Å². The van der Waals surface area contributed by atoms with Gasteiger partial charge in [0, 0.05) is 7.05 Å². The van der Waals surface area contributed by atoms with Crippen LogP contribution in [0.1, 0.15) is 11.6 Å². The summed E-state index contributed by atoms with van der Waals surface area (Å²) in [6.07, 6.45) is 0. The van der Waals surface area contributed by atoms with Gasteiger partial charge in [0.05, 0.1) is 0 Å². The zero-order chi connectivity index (χ0) is 11.6. The monoisotopic (exact) mass is 215 g/mol. The van der Waals surface area contributed by atoms with Crippen LogP contribution in [0.3, 0.4) is 0 Å². The van der Waals surface area contributed by atoms with E-state index in [1.54, 1.807) is 0 Å². The summed E-state index contributed by atoms with van der Waals surface area (Å²) >= 11 is 0. The van der Waals surface area contributed by atoms with Crippen molar-refractivity contribution in [3.63, 3.8) is 0 Å². The molecular weight excluding hydrogens is 204 g/mol. The van der Waals surface area contributed by atoms with Gasteiger partial charge < -0.3 is 5.73 Å². The van der Waals surface area contributed by atoms with Crippen molar-refractivity contribution in [2.75, 3.05) is 7.05 Å². The molecule has 0 heterocycles. The largest absolute Gasteiger partial charge is 0.316 e. The third kappa shape index (κ3) is 2.48. The minimum absolute atomic E-state index is 0.177. The Kier molecular flexibility index (Phi) is 3.33. The molecule has 1 unspecified atom stereocenters. The summed E-state index contributed by atoms with van der Waals surface area (Å²) in [5.41, 5.74) is 5.68. The lowest BCUT2D eigenvalue weighted by atomic mass is 10.1. The van der Waals surface area contributed by atoms with E-state index in [-0.39, 0.29) is 5.56 Å². The fourth-order valence-corrected chi connectivity index (χ4v) is 1.07. The first-order chi connectivity index (χ1) is 6.93. The summed E-state index contributed by atoms with van der Waals surface area (Å²) < 4.78 is 25.4. The number of hydrogen-bond donors (Lipinski definition) is 2. The van der Waals surface area contributed by atoms with Gasteiger partial charge in [-0.15, -0.1) is 0 Å². The molecule has 0 bridgehead atoms. The lowest BCUT2D eigenvalue weighted by Crippen LogP contribution is -2.40. The zero-order valence-corrected chi connectivity index (χ0v) is 8.08. The minimum Gasteiger partial charge on any atom is -0.316 e. The Labute approximate surface area is 85.4 Å². The van der Waals surface area contributed by atoms with Crippen LogP contribution in [0.4, 0.5) is 8.78 Å². The highest BCUT2D eigenvalue weighted by Gasteiger charge is 2.19. The second kappa shape index (κ2) is 4.33. The second-order valence-electron chi connectivity index (χ2n) is 3.10. The van der Waals surface area contributed by atoms with Crippen molar-refractivity contribution in [3.8, 4) is 0 Å². The summed E-state index contributed by atoms with van der Waals surface area (Å²) in [5, 5.41) is 0.798. The predicted molar refractivity (Wildman–Crippen MR) is 50.2 cm³/mol. The SMILES string of the molecule is CN(N)C(=O)C(N)c1ccc(F)c(F)c1. The number of nitrogens with two attached hydrogens (primary N) is 2. The van der Waals surface area contributed by atoms with Crippen molar-refractivity contribution >= 4 is 5.91 Å². The van der Waals surface area contributed by atoms with Gasteiger partial charge in [-0.2, -0.15) is 0 Å². The number of benzene rings is 1. The molecule has 1 atom stereocenters. The molecule has 1 rings (SSSR count). The Hall–Kier alpha value is -1.53. The van der Waals surface area contributed by atoms with Gasteiger partial charge in [0.25, 0.3) is 5.91 Å². The van der Waals surface area contributed by atoms with Crippen LogP contribution in [0.25, 0.3) is 0 Å². The topological polar surface area (TPSA) is 72.3 Å². The van der Waals surface area contributed by atoms with Crippen molar-refractivity contribution in [2.45, 2.75) is 6.04 Å². The van der Waals surface area contributed by atoms with Crippen molar-refractivity contribution in [3.05, 3.63) is 35.4 Å². The molecular formula is C9H11F2N3O. The van der Waals surface area contributed by atoms with Crippen LogP contribution in [0, 0.1) is 11.6 Å². The average Bonchev–Trinajstić information content (AvgIpc) is 2.19. The zero-order valence-electron chi connectivity index (χ0n) is 8.08. The number of hydrogen-bond acceptors (Lipinski definition) is 3. The maximum atomic E-state index is 12.8. The maximum absolute atomic E-state index is 12.8. The van der Waals surface area contributed by atoms with Crippen LogP contribution < -0.4 is 11.6 Å². The minimum atomic E-state index is -1.09. The molecule has 0 aliphatic heterocycles. The van der Waals surface area contributed by atoms with Crippen molar-refractivity contribution < 1.29 is 13.6 Å². The molecule has 1 aromatic rings. The summed E-state index contributed by atoms with van der Waals surface area (Å²) in [6.45, 7) is 0. The molecule has 6 heteroatoms. The fraction of sp³-hybridized carbons (Fsp3) is 0.222. The van der Waals surface area contributed by atoms with Gasteiger partial charge in [0.1, 0.15) is 6.04 Å². The highest BCUT2D eigenvalue weighted by Crippen LogP contribution is 2.15. The Morgan fingerprint density at radius 3 is 2.47 bits per heavy atom. The number of amides is 1. The quantitative estimate of drug-likeness (QED) is 0.423. The van der Waals surface area contributed by atoms with E-state index >= 15 is 0 Å². The van der Waals surface area contributed by atoms with Gasteiger partial charge in [0.15, 0.2) is 11.6 Å². The predicted octanol–water partition coefficient (Wildman–Crippen LogP) is 0.297. The summed E-state index contributed by atoms with van der Waals surface area (Å²) in [5.74, 6) is 2.56. The van der Waals surface area contributed by atoms with Crippen LogP contribution in [0.2, 0.25) is 0 Å². The van der Waals surface area contributed by atoms with Crippen LogP contribution in [-0.2, 0) is 4.79 Å². The van der Waals surface area contributed by atoms with Gasteiger partial charge in [-0.1, -0.05) is 6.07 Å². The van der Waals surface area contributed by atoms with E-state index in [1.807, 2.05) is 0 Å². The highest BCUT2D eigenvalue weighted by atomic mass is 19.2. The lowest BCUT2D eigenvalue weighted by molar-refractivity contribution is -0.131. The molecule has 0 saturated carbocycles. The summed E-state index contributed by atoms with van der Waals surface area (Å²) in [4.78, 5) is 11.3. The molecule has 0 aliphatic rings. The van der Waals surface area contributed by atoms with Crippen LogP contribution in [-0.4, -0.2) is 18.0 Å². The van der Waals surface area contributed by atoms with Gasteiger partial charge >= 0.3 is 0 Å². The molecule has 0 radical (unpaired) electrons. The highest BCUT2D eigenvalue weighted by molar-refractivity contribution is 5.82. The molecule has 1 amide bonds. The molecule has 0 saturated heterocycles. The molecule has 4 N–H and O–H groups in total. The van der Waals surface area contributed by atoms with Crippen molar-refractivity contribution in [1.29, 1.82) is 0 Å². The van der Waals surface area contributed by atoms with Gasteiger partial charge in [-0.25, -0.2) is 14.6 Å². The second-order valence-corrected chi connectivity index (χ2v) is 3.10. The maximum Gasteiger partial charge on any atom is 0.257 e. The van der Waals surface area contributed by atoms with E-state index in [1.165, 1.54) is 13.1 Å². The van der Waals surface area contributed by atoms with E-state index in [9.17, 15) is 13.6 Å². The number of carbonyl (C=O) groups excluding carboxylic acids is 1. The third-order valence-electron chi connectivity index (χ3n) is 1.92. The van der Waals surface area contributed by atoms with E-state index in [0.717, 1.165) is 17.1 Å². The lowest BCUT2D eigenvalue weighted by Gasteiger charge is -2.16. The van der Waals surface area contributed by atoms with Crippen molar-refractivity contribution in [1.82, 2.24) is 5.01 Å². The molecule has 4 nitrogen and oxygen atoms in total. The standard InChI is InChI=1S/C9H11F2N3O/c1-14(13)9(15)8(12)5-2-3-6(10)7(11)4-5/h2-4,8H,12-13H2,1H3. The number of carbonyl (C=O) groups is 1. The third-order valence-corrected chi connectivity index (χ3v) is 1.92. The number of nitrogens with zero attached hydrogens (tertiary/aromatic N) is 1. The Balaban J connectivity index is 2.97.